The monoisotopic (exact) mass is 478 g/mol. The molecule has 0 unspecified atom stereocenters. The number of amides is 1. The van der Waals surface area contributed by atoms with E-state index in [1.165, 1.54) is 40.0 Å². The van der Waals surface area contributed by atoms with Gasteiger partial charge in [-0.05, 0) is 42.7 Å². The van der Waals surface area contributed by atoms with Crippen LogP contribution in [0, 0.1) is 5.82 Å². The van der Waals surface area contributed by atoms with E-state index in [0.29, 0.717) is 24.6 Å². The topological polar surface area (TPSA) is 51.0 Å². The zero-order valence-corrected chi connectivity index (χ0v) is 19.2. The summed E-state index contributed by atoms with van der Waals surface area (Å²) in [6.45, 7) is 3.15. The molecule has 2 aromatic heterocycles. The molecule has 4 aromatic rings. The number of aromatic nitrogens is 3. The fourth-order valence-corrected chi connectivity index (χ4v) is 4.54. The molecule has 5 nitrogen and oxygen atoms in total. The smallest absolute Gasteiger partial charge is 0.264 e. The SMILES string of the molecule is CCc1ccc2nc(N(CCCn3ccnc3)C(=O)c3c(F)cccc3Cl)sc2c1.Cl. The maximum Gasteiger partial charge on any atom is 0.264 e. The third-order valence-corrected chi connectivity index (χ3v) is 6.22. The van der Waals surface area contributed by atoms with E-state index < -0.39 is 11.7 Å². The summed E-state index contributed by atoms with van der Waals surface area (Å²) >= 11 is 7.60. The molecule has 2 aromatic carbocycles. The predicted molar refractivity (Wildman–Crippen MR) is 126 cm³/mol. The van der Waals surface area contributed by atoms with Gasteiger partial charge in [0.25, 0.3) is 5.91 Å². The van der Waals surface area contributed by atoms with Crippen LogP contribution in [0.3, 0.4) is 0 Å². The number of halogens is 3. The maximum absolute atomic E-state index is 14.5. The van der Waals surface area contributed by atoms with E-state index in [1.54, 1.807) is 12.5 Å². The van der Waals surface area contributed by atoms with Crippen LogP contribution >= 0.6 is 35.3 Å². The molecular weight excluding hydrogens is 458 g/mol. The Kier molecular flexibility index (Phi) is 7.64. The number of carbonyl (C=O) groups is 1. The molecule has 162 valence electrons. The van der Waals surface area contributed by atoms with Gasteiger partial charge in [0.1, 0.15) is 5.82 Å². The van der Waals surface area contributed by atoms with Crippen LogP contribution in [0.2, 0.25) is 5.02 Å². The van der Waals surface area contributed by atoms with E-state index >= 15 is 0 Å². The van der Waals surface area contributed by atoms with Gasteiger partial charge in [-0.2, -0.15) is 0 Å². The summed E-state index contributed by atoms with van der Waals surface area (Å²) in [4.78, 5) is 23.5. The second-order valence-electron chi connectivity index (χ2n) is 6.86. The molecule has 0 aliphatic heterocycles. The van der Waals surface area contributed by atoms with Gasteiger partial charge < -0.3 is 4.57 Å². The summed E-state index contributed by atoms with van der Waals surface area (Å²) in [6.07, 6.45) is 6.88. The van der Waals surface area contributed by atoms with Gasteiger partial charge in [-0.15, -0.1) is 12.4 Å². The first-order chi connectivity index (χ1) is 14.6. The van der Waals surface area contributed by atoms with E-state index in [4.69, 9.17) is 11.6 Å². The Labute approximate surface area is 194 Å². The number of aryl methyl sites for hydroxylation is 2. The number of imidazole rings is 1. The number of thiazole rings is 1. The van der Waals surface area contributed by atoms with Crippen molar-refractivity contribution in [1.82, 2.24) is 14.5 Å². The standard InChI is InChI=1S/C22H20ClFN4OS.ClH/c1-2-15-7-8-18-19(13-15)30-22(26-18)28(11-4-10-27-12-9-25-14-27)21(29)20-16(23)5-3-6-17(20)24;/h3,5-9,12-14H,2,4,10-11H2,1H3;1H. The van der Waals surface area contributed by atoms with Gasteiger partial charge in [0.15, 0.2) is 5.13 Å². The molecule has 0 saturated carbocycles. The highest BCUT2D eigenvalue weighted by molar-refractivity contribution is 7.22. The van der Waals surface area contributed by atoms with Crippen LogP contribution in [0.5, 0.6) is 0 Å². The zero-order valence-electron chi connectivity index (χ0n) is 16.8. The molecule has 0 atom stereocenters. The summed E-state index contributed by atoms with van der Waals surface area (Å²) in [7, 11) is 0. The van der Waals surface area contributed by atoms with Crippen LogP contribution < -0.4 is 4.90 Å². The van der Waals surface area contributed by atoms with Gasteiger partial charge in [-0.1, -0.05) is 42.0 Å². The first kappa shape index (κ1) is 23.2. The number of benzene rings is 2. The Hall–Kier alpha value is -2.48. The molecule has 0 aliphatic rings. The third kappa shape index (κ3) is 5.06. The molecule has 31 heavy (non-hydrogen) atoms. The quantitative estimate of drug-likeness (QED) is 0.326. The number of hydrogen-bond donors (Lipinski definition) is 0. The highest BCUT2D eigenvalue weighted by Gasteiger charge is 2.25. The van der Waals surface area contributed by atoms with E-state index in [9.17, 15) is 9.18 Å². The van der Waals surface area contributed by atoms with Gasteiger partial charge in [0.05, 0.1) is 27.1 Å². The van der Waals surface area contributed by atoms with Crippen LogP contribution in [-0.2, 0) is 13.0 Å². The number of hydrogen-bond acceptors (Lipinski definition) is 4. The molecule has 0 bridgehead atoms. The minimum Gasteiger partial charge on any atom is -0.337 e. The summed E-state index contributed by atoms with van der Waals surface area (Å²) < 4.78 is 17.4. The highest BCUT2D eigenvalue weighted by atomic mass is 35.5. The number of anilines is 1. The first-order valence-corrected chi connectivity index (χ1v) is 10.9. The van der Waals surface area contributed by atoms with Crippen LogP contribution in [0.25, 0.3) is 10.2 Å². The minimum atomic E-state index is -0.638. The van der Waals surface area contributed by atoms with Gasteiger partial charge in [0, 0.05) is 25.5 Å². The van der Waals surface area contributed by atoms with Crippen molar-refractivity contribution in [2.75, 3.05) is 11.4 Å². The van der Waals surface area contributed by atoms with Crippen molar-refractivity contribution in [3.05, 3.63) is 77.1 Å². The molecule has 0 saturated heterocycles. The second kappa shape index (κ2) is 10.2. The van der Waals surface area contributed by atoms with E-state index in [2.05, 4.69) is 23.0 Å². The van der Waals surface area contributed by atoms with Crippen molar-refractivity contribution < 1.29 is 9.18 Å². The largest absolute Gasteiger partial charge is 0.337 e. The summed E-state index contributed by atoms with van der Waals surface area (Å²) in [5.41, 5.74) is 1.89. The zero-order chi connectivity index (χ0) is 21.1. The fraction of sp³-hybridized carbons (Fsp3) is 0.227. The molecule has 0 N–H and O–H groups in total. The normalized spacial score (nSPS) is 10.8. The Morgan fingerprint density at radius 1 is 1.29 bits per heavy atom. The molecule has 0 radical (unpaired) electrons. The molecule has 0 aliphatic carbocycles. The number of fused-ring (bicyclic) bond motifs is 1. The Morgan fingerprint density at radius 3 is 2.84 bits per heavy atom. The van der Waals surface area contributed by atoms with Crippen LogP contribution in [0.1, 0.15) is 29.3 Å². The average molecular weight is 479 g/mol. The van der Waals surface area contributed by atoms with E-state index in [-0.39, 0.29) is 23.0 Å². The van der Waals surface area contributed by atoms with Crippen LogP contribution in [0.15, 0.2) is 55.1 Å². The molecule has 1 amide bonds. The summed E-state index contributed by atoms with van der Waals surface area (Å²) in [5, 5.41) is 0.627. The highest BCUT2D eigenvalue weighted by Crippen LogP contribution is 2.32. The van der Waals surface area contributed by atoms with Gasteiger partial charge in [-0.3, -0.25) is 9.69 Å². The number of rotatable bonds is 7. The Morgan fingerprint density at radius 2 is 2.13 bits per heavy atom. The van der Waals surface area contributed by atoms with E-state index in [1.807, 2.05) is 22.9 Å². The lowest BCUT2D eigenvalue weighted by Gasteiger charge is -2.21. The molecule has 2 heterocycles. The lowest BCUT2D eigenvalue weighted by atomic mass is 10.1. The van der Waals surface area contributed by atoms with Crippen molar-refractivity contribution in [3.63, 3.8) is 0 Å². The molecule has 0 fully saturated rings. The average Bonchev–Trinajstić information content (AvgIpc) is 3.39. The third-order valence-electron chi connectivity index (χ3n) is 4.86. The van der Waals surface area contributed by atoms with Crippen molar-refractivity contribution in [3.8, 4) is 0 Å². The lowest BCUT2D eigenvalue weighted by molar-refractivity contribution is 0.0982. The second-order valence-corrected chi connectivity index (χ2v) is 8.28. The van der Waals surface area contributed by atoms with Gasteiger partial charge in [-0.25, -0.2) is 14.4 Å². The Bertz CT molecular complexity index is 1160. The van der Waals surface area contributed by atoms with Crippen molar-refractivity contribution in [1.29, 1.82) is 0 Å². The molecule has 0 spiro atoms. The number of nitrogens with zero attached hydrogens (tertiary/aromatic N) is 4. The van der Waals surface area contributed by atoms with Crippen LogP contribution in [0.4, 0.5) is 9.52 Å². The van der Waals surface area contributed by atoms with Crippen molar-refractivity contribution in [2.45, 2.75) is 26.3 Å². The molecule has 9 heteroatoms. The molecule has 4 rings (SSSR count). The lowest BCUT2D eigenvalue weighted by Crippen LogP contribution is -2.33. The minimum absolute atomic E-state index is 0. The Balaban J connectivity index is 0.00000272. The fourth-order valence-electron chi connectivity index (χ4n) is 3.24. The summed E-state index contributed by atoms with van der Waals surface area (Å²) in [6, 6.07) is 10.3. The maximum atomic E-state index is 14.5. The van der Waals surface area contributed by atoms with Gasteiger partial charge in [0.2, 0.25) is 0 Å². The van der Waals surface area contributed by atoms with Gasteiger partial charge >= 0.3 is 0 Å². The summed E-state index contributed by atoms with van der Waals surface area (Å²) in [5.74, 6) is -1.13. The van der Waals surface area contributed by atoms with E-state index in [0.717, 1.165) is 16.6 Å². The first-order valence-electron chi connectivity index (χ1n) is 9.68. The van der Waals surface area contributed by atoms with Crippen LogP contribution in [-0.4, -0.2) is 27.0 Å². The molecular formula is C22H21Cl2FN4OS. The number of carbonyl (C=O) groups excluding carboxylic acids is 1. The van der Waals surface area contributed by atoms with Crippen molar-refractivity contribution in [2.24, 2.45) is 0 Å². The van der Waals surface area contributed by atoms with Crippen molar-refractivity contribution >= 4 is 56.6 Å². The predicted octanol–water partition coefficient (Wildman–Crippen LogP) is 6.01.